The lowest BCUT2D eigenvalue weighted by Gasteiger charge is -1.97. The Bertz CT molecular complexity index is 151. The fourth-order valence-corrected chi connectivity index (χ4v) is 0.831. The highest BCUT2D eigenvalue weighted by Crippen LogP contribution is 2.06. The molecular formula is C9H16O. The summed E-state index contributed by atoms with van der Waals surface area (Å²) < 4.78 is 5.14. The molecule has 0 unspecified atom stereocenters. The van der Waals surface area contributed by atoms with Gasteiger partial charge in [0.25, 0.3) is 0 Å². The summed E-state index contributed by atoms with van der Waals surface area (Å²) in [5.41, 5.74) is 0. The molecule has 1 aromatic heterocycles. The van der Waals surface area contributed by atoms with Crippen LogP contribution in [0.3, 0.4) is 0 Å². The first kappa shape index (κ1) is 9.28. The van der Waals surface area contributed by atoms with Gasteiger partial charge in [0.15, 0.2) is 0 Å². The summed E-state index contributed by atoms with van der Waals surface area (Å²) in [5.74, 6) is 1.78. The van der Waals surface area contributed by atoms with Crippen molar-refractivity contribution < 1.29 is 4.42 Å². The molecule has 58 valence electrons. The van der Waals surface area contributed by atoms with Crippen molar-refractivity contribution in [2.24, 2.45) is 5.92 Å². The van der Waals surface area contributed by atoms with Crippen molar-refractivity contribution in [3.05, 3.63) is 24.2 Å². The molecule has 0 spiro atoms. The Balaban J connectivity index is 0.000000810. The highest BCUT2D eigenvalue weighted by atomic mass is 16.3. The summed E-state index contributed by atoms with van der Waals surface area (Å²) in [7, 11) is 0. The maximum absolute atomic E-state index is 5.14. The molecule has 0 fully saturated rings. The second kappa shape index (κ2) is 4.15. The lowest BCUT2D eigenvalue weighted by atomic mass is 10.1. The van der Waals surface area contributed by atoms with Gasteiger partial charge in [-0.25, -0.2) is 0 Å². The molecule has 1 rings (SSSR count). The standard InChI is InChI=1S/C8H12O.CH4/c1-7(2)6-8-4-3-5-9-8;/h3-5,7H,6H2,1-2H3;1H4. The average Bonchev–Trinajstić information content (AvgIpc) is 2.15. The molecule has 0 radical (unpaired) electrons. The van der Waals surface area contributed by atoms with Crippen LogP contribution in [-0.4, -0.2) is 0 Å². The van der Waals surface area contributed by atoms with Crippen molar-refractivity contribution in [2.75, 3.05) is 0 Å². The van der Waals surface area contributed by atoms with Crippen LogP contribution in [0.25, 0.3) is 0 Å². The molecule has 10 heavy (non-hydrogen) atoms. The Hall–Kier alpha value is -0.720. The molecule has 0 aliphatic rings. The first-order valence-corrected chi connectivity index (χ1v) is 3.31. The van der Waals surface area contributed by atoms with Crippen molar-refractivity contribution in [2.45, 2.75) is 27.7 Å². The number of hydrogen-bond acceptors (Lipinski definition) is 1. The van der Waals surface area contributed by atoms with Gasteiger partial charge in [-0.2, -0.15) is 0 Å². The summed E-state index contributed by atoms with van der Waals surface area (Å²) in [4.78, 5) is 0. The summed E-state index contributed by atoms with van der Waals surface area (Å²) in [6, 6.07) is 3.94. The summed E-state index contributed by atoms with van der Waals surface area (Å²) in [6.45, 7) is 4.37. The van der Waals surface area contributed by atoms with E-state index in [0.29, 0.717) is 5.92 Å². The Morgan fingerprint density at radius 2 is 2.20 bits per heavy atom. The van der Waals surface area contributed by atoms with E-state index < -0.39 is 0 Å². The van der Waals surface area contributed by atoms with Gasteiger partial charge in [0, 0.05) is 6.42 Å². The van der Waals surface area contributed by atoms with E-state index in [9.17, 15) is 0 Å². The molecule has 0 atom stereocenters. The molecule has 0 aromatic carbocycles. The maximum Gasteiger partial charge on any atom is 0.104 e. The largest absolute Gasteiger partial charge is 0.469 e. The van der Waals surface area contributed by atoms with Gasteiger partial charge >= 0.3 is 0 Å². The molecule has 0 bridgehead atoms. The molecule has 1 aromatic rings. The minimum atomic E-state index is 0. The van der Waals surface area contributed by atoms with E-state index in [1.807, 2.05) is 12.1 Å². The Labute approximate surface area is 63.1 Å². The van der Waals surface area contributed by atoms with E-state index in [1.165, 1.54) is 0 Å². The first-order valence-electron chi connectivity index (χ1n) is 3.31. The summed E-state index contributed by atoms with van der Waals surface area (Å²) >= 11 is 0. The van der Waals surface area contributed by atoms with Crippen LogP contribution in [0.4, 0.5) is 0 Å². The SMILES string of the molecule is C.CC(C)Cc1ccco1. The Kier molecular flexibility index (Phi) is 3.85. The molecular weight excluding hydrogens is 124 g/mol. The van der Waals surface area contributed by atoms with Crippen molar-refractivity contribution in [1.29, 1.82) is 0 Å². The van der Waals surface area contributed by atoms with Crippen LogP contribution in [-0.2, 0) is 6.42 Å². The molecule has 0 saturated heterocycles. The van der Waals surface area contributed by atoms with E-state index in [1.54, 1.807) is 6.26 Å². The smallest absolute Gasteiger partial charge is 0.104 e. The minimum absolute atomic E-state index is 0. The molecule has 0 N–H and O–H groups in total. The van der Waals surface area contributed by atoms with Gasteiger partial charge in [0.1, 0.15) is 5.76 Å². The van der Waals surface area contributed by atoms with Crippen LogP contribution in [0.2, 0.25) is 0 Å². The molecule has 0 aliphatic heterocycles. The Morgan fingerprint density at radius 1 is 1.50 bits per heavy atom. The lowest BCUT2D eigenvalue weighted by Crippen LogP contribution is -1.90. The summed E-state index contributed by atoms with van der Waals surface area (Å²) in [6.07, 6.45) is 2.77. The van der Waals surface area contributed by atoms with Crippen molar-refractivity contribution in [3.8, 4) is 0 Å². The molecule has 0 saturated carbocycles. The molecule has 1 heterocycles. The second-order valence-corrected chi connectivity index (χ2v) is 2.68. The van der Waals surface area contributed by atoms with Gasteiger partial charge in [-0.15, -0.1) is 0 Å². The monoisotopic (exact) mass is 140 g/mol. The highest BCUT2D eigenvalue weighted by molar-refractivity contribution is 4.98. The predicted octanol–water partition coefficient (Wildman–Crippen LogP) is 3.11. The molecule has 1 heteroatoms. The first-order chi connectivity index (χ1) is 4.29. The minimum Gasteiger partial charge on any atom is -0.469 e. The zero-order valence-electron chi connectivity index (χ0n) is 5.92. The molecule has 1 nitrogen and oxygen atoms in total. The van der Waals surface area contributed by atoms with Crippen LogP contribution < -0.4 is 0 Å². The fourth-order valence-electron chi connectivity index (χ4n) is 0.831. The average molecular weight is 140 g/mol. The number of hydrogen-bond donors (Lipinski definition) is 0. The summed E-state index contributed by atoms with van der Waals surface area (Å²) in [5, 5.41) is 0. The lowest BCUT2D eigenvalue weighted by molar-refractivity contribution is 0.472. The van der Waals surface area contributed by atoms with Gasteiger partial charge in [-0.05, 0) is 18.1 Å². The van der Waals surface area contributed by atoms with Crippen molar-refractivity contribution in [3.63, 3.8) is 0 Å². The quantitative estimate of drug-likeness (QED) is 0.615. The third-order valence-electron chi connectivity index (χ3n) is 1.19. The van der Waals surface area contributed by atoms with Crippen LogP contribution >= 0.6 is 0 Å². The zero-order valence-corrected chi connectivity index (χ0v) is 5.92. The van der Waals surface area contributed by atoms with Gasteiger partial charge in [-0.3, -0.25) is 0 Å². The molecule has 0 amide bonds. The van der Waals surface area contributed by atoms with Gasteiger partial charge in [0.05, 0.1) is 6.26 Å². The third kappa shape index (κ3) is 2.72. The number of furan rings is 1. The highest BCUT2D eigenvalue weighted by Gasteiger charge is 1.97. The van der Waals surface area contributed by atoms with Crippen LogP contribution in [0.1, 0.15) is 27.0 Å². The van der Waals surface area contributed by atoms with Crippen LogP contribution in [0, 0.1) is 5.92 Å². The van der Waals surface area contributed by atoms with Gasteiger partial charge < -0.3 is 4.42 Å². The normalized spacial score (nSPS) is 9.50. The van der Waals surface area contributed by atoms with Crippen LogP contribution in [0.5, 0.6) is 0 Å². The fraction of sp³-hybridized carbons (Fsp3) is 0.556. The van der Waals surface area contributed by atoms with E-state index >= 15 is 0 Å². The maximum atomic E-state index is 5.14. The van der Waals surface area contributed by atoms with Gasteiger partial charge in [-0.1, -0.05) is 21.3 Å². The number of rotatable bonds is 2. The van der Waals surface area contributed by atoms with Crippen molar-refractivity contribution in [1.82, 2.24) is 0 Å². The predicted molar refractivity (Wildman–Crippen MR) is 44.0 cm³/mol. The zero-order chi connectivity index (χ0) is 6.69. The van der Waals surface area contributed by atoms with E-state index in [4.69, 9.17) is 4.42 Å². The Morgan fingerprint density at radius 3 is 2.60 bits per heavy atom. The van der Waals surface area contributed by atoms with E-state index in [0.717, 1.165) is 12.2 Å². The second-order valence-electron chi connectivity index (χ2n) is 2.68. The van der Waals surface area contributed by atoms with E-state index in [-0.39, 0.29) is 7.43 Å². The third-order valence-corrected chi connectivity index (χ3v) is 1.19. The topological polar surface area (TPSA) is 13.1 Å². The molecule has 0 aliphatic carbocycles. The van der Waals surface area contributed by atoms with Gasteiger partial charge in [0.2, 0.25) is 0 Å². The van der Waals surface area contributed by atoms with Crippen LogP contribution in [0.15, 0.2) is 22.8 Å². The van der Waals surface area contributed by atoms with Crippen molar-refractivity contribution >= 4 is 0 Å². The van der Waals surface area contributed by atoms with E-state index in [2.05, 4.69) is 13.8 Å².